The van der Waals surface area contributed by atoms with Gasteiger partial charge in [0.1, 0.15) is 23.9 Å². The number of H-pyrrole nitrogens is 2. The lowest BCUT2D eigenvalue weighted by molar-refractivity contribution is -0.901. The molecule has 0 saturated carbocycles. The molecular formula is C35H33F2N5O7. The Balaban J connectivity index is 1.59. The van der Waals surface area contributed by atoms with E-state index in [1.807, 2.05) is 0 Å². The van der Waals surface area contributed by atoms with Crippen molar-refractivity contribution in [2.24, 2.45) is 0 Å². The first-order valence-electron chi connectivity index (χ1n) is 15.6. The summed E-state index contributed by atoms with van der Waals surface area (Å²) in [5, 5.41) is 25.8. The first-order chi connectivity index (χ1) is 23.5. The van der Waals surface area contributed by atoms with Gasteiger partial charge in [0.2, 0.25) is 5.88 Å². The highest BCUT2D eigenvalue weighted by molar-refractivity contribution is 5.51. The number of nitrogens with zero attached hydrogens (tertiary/aromatic N) is 2. The van der Waals surface area contributed by atoms with Gasteiger partial charge in [-0.1, -0.05) is 30.3 Å². The zero-order valence-corrected chi connectivity index (χ0v) is 26.4. The lowest BCUT2D eigenvalue weighted by Crippen LogP contribution is -3.08. The van der Waals surface area contributed by atoms with Gasteiger partial charge < -0.3 is 24.4 Å². The highest BCUT2D eigenvalue weighted by Crippen LogP contribution is 2.37. The quantitative estimate of drug-likeness (QED) is 0.171. The number of halogens is 2. The van der Waals surface area contributed by atoms with E-state index >= 15 is 0 Å². The molecule has 3 heterocycles. The van der Waals surface area contributed by atoms with Gasteiger partial charge in [-0.05, 0) is 59.0 Å². The van der Waals surface area contributed by atoms with Crippen molar-refractivity contribution in [2.75, 3.05) is 20.2 Å². The normalized spacial score (nSPS) is 13.9. The monoisotopic (exact) mass is 673 g/mol. The number of nitrogens with one attached hydrogen (secondary N) is 3. The fraction of sp³-hybridized carbons (Fsp3) is 0.257. The SMILES string of the molecule is COc1ccc(C(c2c([O-])n(Cc3ccc(F)cc3)c(=O)[nH]c2=O)c2c(O)n(Cc3ccc(F)cc3)c(=O)[nH]c2=O)cc1C[NH+]1CCCC1. The Morgan fingerprint density at radius 3 is 1.92 bits per heavy atom. The van der Waals surface area contributed by atoms with Gasteiger partial charge in [-0.15, -0.1) is 0 Å². The predicted molar refractivity (Wildman–Crippen MR) is 172 cm³/mol. The molecule has 12 nitrogen and oxygen atoms in total. The van der Waals surface area contributed by atoms with Crippen molar-refractivity contribution < 1.29 is 28.6 Å². The Morgan fingerprint density at radius 1 is 0.816 bits per heavy atom. The molecule has 0 amide bonds. The van der Waals surface area contributed by atoms with Gasteiger partial charge >= 0.3 is 11.4 Å². The van der Waals surface area contributed by atoms with Crippen molar-refractivity contribution in [3.8, 4) is 17.5 Å². The van der Waals surface area contributed by atoms with Crippen LogP contribution in [0.5, 0.6) is 17.5 Å². The molecule has 0 spiro atoms. The third-order valence-corrected chi connectivity index (χ3v) is 8.87. The zero-order chi connectivity index (χ0) is 34.8. The van der Waals surface area contributed by atoms with Crippen LogP contribution in [-0.4, -0.2) is 44.4 Å². The van der Waals surface area contributed by atoms with Gasteiger partial charge in [0, 0.05) is 24.0 Å². The van der Waals surface area contributed by atoms with E-state index in [1.165, 1.54) is 54.5 Å². The Labute approximate surface area is 277 Å². The maximum Gasteiger partial charge on any atom is 0.331 e. The van der Waals surface area contributed by atoms with Gasteiger partial charge in [0.15, 0.2) is 0 Å². The van der Waals surface area contributed by atoms with Crippen LogP contribution in [0.4, 0.5) is 8.78 Å². The van der Waals surface area contributed by atoms with Crippen molar-refractivity contribution in [1.29, 1.82) is 0 Å². The minimum atomic E-state index is -1.58. The number of aromatic hydroxyl groups is 1. The Morgan fingerprint density at radius 2 is 1.35 bits per heavy atom. The first-order valence-corrected chi connectivity index (χ1v) is 15.6. The lowest BCUT2D eigenvalue weighted by atomic mass is 9.85. The van der Waals surface area contributed by atoms with E-state index in [4.69, 9.17) is 4.74 Å². The number of aromatic amines is 2. The molecule has 0 radical (unpaired) electrons. The van der Waals surface area contributed by atoms with E-state index in [0.29, 0.717) is 29.0 Å². The summed E-state index contributed by atoms with van der Waals surface area (Å²) in [6.45, 7) is 1.74. The van der Waals surface area contributed by atoms with Crippen LogP contribution >= 0.6 is 0 Å². The second-order valence-corrected chi connectivity index (χ2v) is 12.0. The molecule has 1 aliphatic heterocycles. The first kappa shape index (κ1) is 33.2. The van der Waals surface area contributed by atoms with E-state index in [0.717, 1.165) is 47.2 Å². The largest absolute Gasteiger partial charge is 0.860 e. The molecule has 3 aromatic carbocycles. The number of ether oxygens (including phenoxy) is 1. The van der Waals surface area contributed by atoms with Gasteiger partial charge in [-0.25, -0.2) is 18.4 Å². The number of methoxy groups -OCH3 is 1. The third kappa shape index (κ3) is 6.81. The fourth-order valence-corrected chi connectivity index (χ4v) is 6.41. The molecule has 1 atom stereocenters. The molecule has 6 rings (SSSR count). The number of likely N-dealkylation sites (tertiary alicyclic amines) is 1. The molecule has 1 saturated heterocycles. The topological polar surface area (TPSA) is 167 Å². The van der Waals surface area contributed by atoms with Gasteiger partial charge in [-0.2, -0.15) is 0 Å². The van der Waals surface area contributed by atoms with Crippen LogP contribution in [0.25, 0.3) is 0 Å². The molecule has 0 aliphatic carbocycles. The van der Waals surface area contributed by atoms with Gasteiger partial charge in [-0.3, -0.25) is 24.1 Å². The number of rotatable bonds is 10. The smallest absolute Gasteiger partial charge is 0.331 e. The van der Waals surface area contributed by atoms with E-state index in [9.17, 15) is 38.2 Å². The number of aromatic nitrogens is 4. The Bertz CT molecular complexity index is 2110. The maximum atomic E-state index is 14.2. The summed E-state index contributed by atoms with van der Waals surface area (Å²) in [5.74, 6) is -4.00. The minimum absolute atomic E-state index is 0.233. The molecule has 254 valence electrons. The van der Waals surface area contributed by atoms with Crippen LogP contribution in [0.1, 0.15) is 52.1 Å². The number of benzene rings is 3. The van der Waals surface area contributed by atoms with Crippen LogP contribution in [0, 0.1) is 11.6 Å². The standard InChI is InChI=1S/C35H33F2N5O7/c1-49-26-13-8-22(16-23(26)19-40-14-2-3-15-40)27(28-30(43)38-34(47)41(32(28)45)17-20-4-9-24(36)10-5-20)29-31(44)39-35(48)42(33(29)46)18-21-6-11-25(37)12-7-21/h4-13,16,27,45-46H,2-3,14-15,17-19H2,1H3,(H,38,43,47)(H,39,44,48). The van der Waals surface area contributed by atoms with Crippen molar-refractivity contribution in [1.82, 2.24) is 19.1 Å². The summed E-state index contributed by atoms with van der Waals surface area (Å²) in [6.07, 6.45) is 2.09. The molecule has 4 N–H and O–H groups in total. The van der Waals surface area contributed by atoms with E-state index in [1.54, 1.807) is 12.1 Å². The average molecular weight is 674 g/mol. The molecule has 1 aliphatic rings. The van der Waals surface area contributed by atoms with E-state index in [2.05, 4.69) is 9.97 Å². The second kappa shape index (κ2) is 13.8. The molecule has 0 bridgehead atoms. The fourth-order valence-electron chi connectivity index (χ4n) is 6.41. The minimum Gasteiger partial charge on any atom is -0.860 e. The van der Waals surface area contributed by atoms with Crippen LogP contribution in [0.2, 0.25) is 0 Å². The van der Waals surface area contributed by atoms with Gasteiger partial charge in [0.05, 0.1) is 44.8 Å². The molecular weight excluding hydrogens is 640 g/mol. The number of hydrogen-bond acceptors (Lipinski definition) is 7. The summed E-state index contributed by atoms with van der Waals surface area (Å²) < 4.78 is 34.4. The lowest BCUT2D eigenvalue weighted by Gasteiger charge is -2.27. The Kier molecular flexibility index (Phi) is 9.31. The Hall–Kier alpha value is -5.76. The summed E-state index contributed by atoms with van der Waals surface area (Å²) in [6, 6.07) is 15.0. The molecule has 2 aromatic heterocycles. The summed E-state index contributed by atoms with van der Waals surface area (Å²) in [4.78, 5) is 58.9. The van der Waals surface area contributed by atoms with Crippen molar-refractivity contribution in [2.45, 2.75) is 38.4 Å². The van der Waals surface area contributed by atoms with Crippen molar-refractivity contribution in [3.05, 3.63) is 153 Å². The number of quaternary nitrogens is 1. The highest BCUT2D eigenvalue weighted by Gasteiger charge is 2.31. The van der Waals surface area contributed by atoms with Crippen LogP contribution < -0.4 is 37.2 Å². The van der Waals surface area contributed by atoms with Crippen LogP contribution in [0.3, 0.4) is 0 Å². The molecule has 1 fully saturated rings. The molecule has 5 aromatic rings. The van der Waals surface area contributed by atoms with Crippen molar-refractivity contribution >= 4 is 0 Å². The van der Waals surface area contributed by atoms with Crippen LogP contribution in [0.15, 0.2) is 85.9 Å². The van der Waals surface area contributed by atoms with E-state index in [-0.39, 0.29) is 18.7 Å². The summed E-state index contributed by atoms with van der Waals surface area (Å²) in [7, 11) is 1.50. The zero-order valence-electron chi connectivity index (χ0n) is 26.4. The third-order valence-electron chi connectivity index (χ3n) is 8.87. The maximum absolute atomic E-state index is 14.2. The highest BCUT2D eigenvalue weighted by atomic mass is 19.1. The van der Waals surface area contributed by atoms with Crippen molar-refractivity contribution in [3.63, 3.8) is 0 Å². The molecule has 14 heteroatoms. The summed E-state index contributed by atoms with van der Waals surface area (Å²) >= 11 is 0. The predicted octanol–water partition coefficient (Wildman–Crippen LogP) is 0.908. The molecule has 1 unspecified atom stereocenters. The van der Waals surface area contributed by atoms with Crippen LogP contribution in [-0.2, 0) is 19.6 Å². The van der Waals surface area contributed by atoms with Gasteiger partial charge in [0.25, 0.3) is 11.1 Å². The molecule has 49 heavy (non-hydrogen) atoms. The average Bonchev–Trinajstić information content (AvgIpc) is 3.59. The van der Waals surface area contributed by atoms with E-state index < -0.39 is 62.9 Å². The number of hydrogen-bond donors (Lipinski definition) is 4. The second-order valence-electron chi connectivity index (χ2n) is 12.0. The summed E-state index contributed by atoms with van der Waals surface area (Å²) in [5.41, 5.74) is -3.53.